The van der Waals surface area contributed by atoms with Gasteiger partial charge in [-0.05, 0) is 116 Å². The van der Waals surface area contributed by atoms with Crippen LogP contribution in [0.3, 0.4) is 0 Å². The Kier molecular flexibility index (Phi) is 7.32. The van der Waals surface area contributed by atoms with Gasteiger partial charge >= 0.3 is 0 Å². The van der Waals surface area contributed by atoms with Crippen LogP contribution in [0.25, 0.3) is 32.7 Å². The average Bonchev–Trinajstić information content (AvgIpc) is 2.97. The summed E-state index contributed by atoms with van der Waals surface area (Å²) in [5, 5.41) is 5.70. The third-order valence-electron chi connectivity index (χ3n) is 10.7. The van der Waals surface area contributed by atoms with E-state index >= 15 is 0 Å². The second kappa shape index (κ2) is 11.0. The van der Waals surface area contributed by atoms with Crippen molar-refractivity contribution in [3.05, 3.63) is 134 Å². The number of hydrogen-bond acceptors (Lipinski definition) is 0. The fourth-order valence-electron chi connectivity index (χ4n) is 8.69. The van der Waals surface area contributed by atoms with E-state index in [0.29, 0.717) is 0 Å². The molecule has 6 aromatic carbocycles. The van der Waals surface area contributed by atoms with Gasteiger partial charge in [0.1, 0.15) is 0 Å². The summed E-state index contributed by atoms with van der Waals surface area (Å²) in [5.41, 5.74) is 21.1. The van der Waals surface area contributed by atoms with Crippen molar-refractivity contribution in [2.45, 2.75) is 87.5 Å². The molecule has 0 spiro atoms. The minimum atomic E-state index is 0.112. The molecular formula is C45H47B. The monoisotopic (exact) mass is 598 g/mol. The molecule has 7 rings (SSSR count). The van der Waals surface area contributed by atoms with Gasteiger partial charge in [0.15, 0.2) is 0 Å². The van der Waals surface area contributed by atoms with Gasteiger partial charge in [0.25, 0.3) is 0 Å². The van der Waals surface area contributed by atoms with Crippen molar-refractivity contribution in [2.75, 3.05) is 0 Å². The Bertz CT molecular complexity index is 2080. The van der Waals surface area contributed by atoms with Crippen molar-refractivity contribution >= 4 is 44.6 Å². The molecule has 0 amide bonds. The lowest BCUT2D eigenvalue weighted by atomic mass is 9.33. The standard InChI is InChI=1S/C45H47B/c1-26-11-13-33(14-12-26)39-25-40(38-18-16-35-24-36(45(8,9)10)23-34-15-17-37(39)42(38)41(34)35)46(43-29(4)19-27(2)20-30(43)5)44-31(6)21-28(3)22-32(44)7/h11-15,17,19-25H,16,18H2,1-10H3. The molecule has 1 aliphatic carbocycles. The van der Waals surface area contributed by atoms with Crippen LogP contribution < -0.4 is 16.4 Å². The lowest BCUT2D eigenvalue weighted by molar-refractivity contribution is 0.590. The minimum absolute atomic E-state index is 0.112. The Labute approximate surface area is 277 Å². The Morgan fingerprint density at radius 2 is 1.11 bits per heavy atom. The van der Waals surface area contributed by atoms with Gasteiger partial charge in [-0.2, -0.15) is 0 Å². The van der Waals surface area contributed by atoms with Gasteiger partial charge in [0.05, 0.1) is 0 Å². The second-order valence-corrected chi connectivity index (χ2v) is 15.4. The first-order valence-electron chi connectivity index (χ1n) is 17.1. The van der Waals surface area contributed by atoms with Crippen LogP contribution in [-0.4, -0.2) is 6.71 Å². The third-order valence-corrected chi connectivity index (χ3v) is 10.7. The summed E-state index contributed by atoms with van der Waals surface area (Å²) >= 11 is 0. The fraction of sp³-hybridized carbons (Fsp3) is 0.289. The molecule has 0 saturated carbocycles. The highest BCUT2D eigenvalue weighted by Crippen LogP contribution is 2.41. The van der Waals surface area contributed by atoms with E-state index in [-0.39, 0.29) is 12.1 Å². The SMILES string of the molecule is Cc1ccc(-c2cc(B(c3c(C)cc(C)cc3C)c3c(C)cc(C)cc3C)c3c4c2ccc2cc(C(C)(C)C)cc(c24)CC3)cc1. The summed E-state index contributed by atoms with van der Waals surface area (Å²) in [5.74, 6) is 0. The number of aryl methyl sites for hydroxylation is 9. The lowest BCUT2D eigenvalue weighted by Gasteiger charge is -2.31. The summed E-state index contributed by atoms with van der Waals surface area (Å²) in [4.78, 5) is 0. The van der Waals surface area contributed by atoms with Gasteiger partial charge < -0.3 is 0 Å². The van der Waals surface area contributed by atoms with Gasteiger partial charge in [-0.3, -0.25) is 0 Å². The molecule has 0 atom stereocenters. The molecule has 0 bridgehead atoms. The molecule has 0 heterocycles. The number of benzene rings is 6. The maximum atomic E-state index is 2.59. The van der Waals surface area contributed by atoms with Crippen LogP contribution >= 0.6 is 0 Å². The summed E-state index contributed by atoms with van der Waals surface area (Å²) in [6, 6.07) is 31.1. The van der Waals surface area contributed by atoms with Crippen molar-refractivity contribution in [3.8, 4) is 11.1 Å². The Balaban J connectivity index is 1.67. The largest absolute Gasteiger partial charge is 0.242 e. The highest BCUT2D eigenvalue weighted by Gasteiger charge is 2.33. The quantitative estimate of drug-likeness (QED) is 0.140. The van der Waals surface area contributed by atoms with Crippen LogP contribution in [0, 0.1) is 48.5 Å². The van der Waals surface area contributed by atoms with Crippen LogP contribution in [0.5, 0.6) is 0 Å². The molecule has 0 nitrogen and oxygen atoms in total. The molecule has 0 fully saturated rings. The predicted octanol–water partition coefficient (Wildman–Crippen LogP) is 9.73. The molecule has 230 valence electrons. The lowest BCUT2D eigenvalue weighted by Crippen LogP contribution is -2.57. The first-order chi connectivity index (χ1) is 21.8. The number of rotatable bonds is 4. The van der Waals surface area contributed by atoms with Crippen LogP contribution in [0.2, 0.25) is 0 Å². The van der Waals surface area contributed by atoms with Gasteiger partial charge in [-0.25, -0.2) is 0 Å². The molecule has 0 N–H and O–H groups in total. The van der Waals surface area contributed by atoms with E-state index in [1.54, 1.807) is 0 Å². The van der Waals surface area contributed by atoms with Gasteiger partial charge in [-0.1, -0.05) is 155 Å². The van der Waals surface area contributed by atoms with Gasteiger partial charge in [0.2, 0.25) is 6.71 Å². The molecule has 0 aromatic heterocycles. The second-order valence-electron chi connectivity index (χ2n) is 15.4. The molecule has 6 aromatic rings. The topological polar surface area (TPSA) is 0 Å². The molecule has 1 heteroatoms. The van der Waals surface area contributed by atoms with E-state index in [1.807, 2.05) is 0 Å². The summed E-state index contributed by atoms with van der Waals surface area (Å²) < 4.78 is 0. The van der Waals surface area contributed by atoms with Crippen LogP contribution in [0.1, 0.15) is 76.4 Å². The predicted molar refractivity (Wildman–Crippen MR) is 204 cm³/mol. The van der Waals surface area contributed by atoms with Crippen molar-refractivity contribution in [2.24, 2.45) is 0 Å². The zero-order chi connectivity index (χ0) is 32.7. The zero-order valence-electron chi connectivity index (χ0n) is 29.5. The Morgan fingerprint density at radius 3 is 1.65 bits per heavy atom. The molecule has 1 aliphatic rings. The maximum absolute atomic E-state index is 2.59. The maximum Gasteiger partial charge on any atom is 0.242 e. The summed E-state index contributed by atoms with van der Waals surface area (Å²) in [7, 11) is 0. The molecule has 46 heavy (non-hydrogen) atoms. The molecule has 0 radical (unpaired) electrons. The van der Waals surface area contributed by atoms with E-state index in [9.17, 15) is 0 Å². The molecule has 0 aliphatic heterocycles. The van der Waals surface area contributed by atoms with E-state index < -0.39 is 0 Å². The smallest absolute Gasteiger partial charge is 0.0642 e. The molecule has 0 saturated heterocycles. The fourth-order valence-corrected chi connectivity index (χ4v) is 8.69. The van der Waals surface area contributed by atoms with Crippen LogP contribution in [0.4, 0.5) is 0 Å². The number of hydrogen-bond donors (Lipinski definition) is 0. The molecule has 0 unspecified atom stereocenters. The minimum Gasteiger partial charge on any atom is -0.0642 e. The van der Waals surface area contributed by atoms with E-state index in [4.69, 9.17) is 0 Å². The highest BCUT2D eigenvalue weighted by molar-refractivity contribution is 6.97. The third kappa shape index (κ3) is 5.00. The van der Waals surface area contributed by atoms with E-state index in [1.165, 1.54) is 105 Å². The summed E-state index contributed by atoms with van der Waals surface area (Å²) in [6.07, 6.45) is 2.14. The highest BCUT2D eigenvalue weighted by atomic mass is 14.3. The van der Waals surface area contributed by atoms with Crippen molar-refractivity contribution in [3.63, 3.8) is 0 Å². The first-order valence-corrected chi connectivity index (χ1v) is 17.1. The van der Waals surface area contributed by atoms with Crippen molar-refractivity contribution in [1.82, 2.24) is 0 Å². The van der Waals surface area contributed by atoms with E-state index in [2.05, 4.69) is 148 Å². The Morgan fingerprint density at radius 1 is 0.543 bits per heavy atom. The van der Waals surface area contributed by atoms with Crippen LogP contribution in [-0.2, 0) is 18.3 Å². The van der Waals surface area contributed by atoms with Gasteiger partial charge in [-0.15, -0.1) is 0 Å². The normalized spacial score (nSPS) is 12.8. The van der Waals surface area contributed by atoms with Crippen molar-refractivity contribution < 1.29 is 0 Å². The Hall–Kier alpha value is -4.10. The van der Waals surface area contributed by atoms with Gasteiger partial charge in [0, 0.05) is 0 Å². The van der Waals surface area contributed by atoms with E-state index in [0.717, 1.165) is 12.8 Å². The summed E-state index contributed by atoms with van der Waals surface area (Å²) in [6.45, 7) is 23.1. The van der Waals surface area contributed by atoms with Crippen LogP contribution in [0.15, 0.2) is 78.9 Å². The van der Waals surface area contributed by atoms with Crippen molar-refractivity contribution in [1.29, 1.82) is 0 Å². The molecular weight excluding hydrogens is 551 g/mol. The first kappa shape index (κ1) is 30.6. The zero-order valence-corrected chi connectivity index (χ0v) is 29.5. The average molecular weight is 599 g/mol.